The van der Waals surface area contributed by atoms with Crippen LogP contribution in [0.2, 0.25) is 0 Å². The summed E-state index contributed by atoms with van der Waals surface area (Å²) in [5, 5.41) is 15.3. The van der Waals surface area contributed by atoms with E-state index in [2.05, 4.69) is 54.0 Å². The molecule has 4 rings (SSSR count). The fourth-order valence-corrected chi connectivity index (χ4v) is 6.57. The van der Waals surface area contributed by atoms with E-state index in [1.165, 1.54) is 15.3 Å². The van der Waals surface area contributed by atoms with Crippen molar-refractivity contribution in [2.75, 3.05) is 25.1 Å². The minimum Gasteiger partial charge on any atom is -0.480 e. The number of aryl methyl sites for hydroxylation is 1. The number of rotatable bonds is 15. The fourth-order valence-electron chi connectivity index (χ4n) is 4.68. The van der Waals surface area contributed by atoms with Crippen LogP contribution in [0.3, 0.4) is 0 Å². The molecular weight excluding hydrogens is 565 g/mol. The van der Waals surface area contributed by atoms with Gasteiger partial charge in [-0.15, -0.1) is 11.3 Å². The maximum atomic E-state index is 13.4. The fraction of sp³-hybridized carbons (Fsp3) is 0.294. The van der Waals surface area contributed by atoms with Crippen LogP contribution in [0.25, 0.3) is 21.6 Å². The molecule has 2 unspecified atom stereocenters. The number of aliphatic carboxylic acids is 1. The van der Waals surface area contributed by atoms with Crippen molar-refractivity contribution in [3.8, 4) is 21.6 Å². The number of nitrogens with one attached hydrogen (secondary N) is 2. The van der Waals surface area contributed by atoms with Crippen LogP contribution in [0.4, 0.5) is 0 Å². The zero-order chi connectivity index (χ0) is 29.9. The first-order chi connectivity index (χ1) is 20.4. The van der Waals surface area contributed by atoms with Gasteiger partial charge in [-0.3, -0.25) is 4.79 Å². The number of carbonyl (C=O) groups excluding carboxylic acids is 1. The number of hydrogen-bond donors (Lipinski definition) is 3. The van der Waals surface area contributed by atoms with Crippen LogP contribution in [0.15, 0.2) is 84.9 Å². The first-order valence-corrected chi connectivity index (χ1v) is 16.1. The van der Waals surface area contributed by atoms with Gasteiger partial charge < -0.3 is 20.5 Å². The highest BCUT2D eigenvalue weighted by Crippen LogP contribution is 2.35. The molecule has 1 heterocycles. The molecule has 4 aromatic rings. The molecule has 0 saturated carbocycles. The van der Waals surface area contributed by atoms with E-state index in [9.17, 15) is 14.7 Å². The molecule has 3 aromatic carbocycles. The second-order valence-corrected chi connectivity index (χ2v) is 12.4. The largest absolute Gasteiger partial charge is 0.480 e. The van der Waals surface area contributed by atoms with E-state index in [4.69, 9.17) is 4.74 Å². The van der Waals surface area contributed by atoms with Gasteiger partial charge in [0.05, 0.1) is 6.61 Å². The zero-order valence-corrected chi connectivity index (χ0v) is 25.9. The summed E-state index contributed by atoms with van der Waals surface area (Å²) in [6, 6.07) is 27.3. The van der Waals surface area contributed by atoms with Gasteiger partial charge in [0.2, 0.25) is 0 Å². The monoisotopic (exact) mass is 602 g/mol. The lowest BCUT2D eigenvalue weighted by molar-refractivity contribution is -0.139. The Labute approximate surface area is 256 Å². The van der Waals surface area contributed by atoms with Crippen LogP contribution in [0, 0.1) is 6.92 Å². The third kappa shape index (κ3) is 8.32. The molecule has 8 heteroatoms. The molecule has 0 spiro atoms. The van der Waals surface area contributed by atoms with Gasteiger partial charge in [0.25, 0.3) is 5.91 Å². The molecule has 6 nitrogen and oxygen atoms in total. The molecule has 2 atom stereocenters. The van der Waals surface area contributed by atoms with Crippen LogP contribution < -0.4 is 10.6 Å². The predicted octanol–water partition coefficient (Wildman–Crippen LogP) is 7.19. The summed E-state index contributed by atoms with van der Waals surface area (Å²) in [6.07, 6.45) is 0.223. The van der Waals surface area contributed by atoms with Crippen molar-refractivity contribution in [2.45, 2.75) is 39.0 Å². The van der Waals surface area contributed by atoms with Crippen LogP contribution in [0.1, 0.15) is 45.8 Å². The third-order valence-corrected chi connectivity index (χ3v) is 9.15. The lowest BCUT2D eigenvalue weighted by Crippen LogP contribution is -2.42. The van der Waals surface area contributed by atoms with E-state index in [1.807, 2.05) is 61.2 Å². The normalized spacial score (nSPS) is 12.5. The van der Waals surface area contributed by atoms with Crippen molar-refractivity contribution >= 4 is 35.0 Å². The molecule has 0 saturated heterocycles. The Morgan fingerprint density at radius 3 is 2.45 bits per heavy atom. The van der Waals surface area contributed by atoms with Gasteiger partial charge >= 0.3 is 5.97 Å². The molecule has 1 amide bonds. The Hall–Kier alpha value is -3.43. The highest BCUT2D eigenvalue weighted by molar-refractivity contribution is 7.99. The Morgan fingerprint density at radius 1 is 0.976 bits per heavy atom. The molecule has 0 fully saturated rings. The second-order valence-electron chi connectivity index (χ2n) is 9.98. The quantitative estimate of drug-likeness (QED) is 0.133. The van der Waals surface area contributed by atoms with Gasteiger partial charge in [-0.25, -0.2) is 4.79 Å². The van der Waals surface area contributed by atoms with E-state index in [1.54, 1.807) is 24.5 Å². The first kappa shape index (κ1) is 31.5. The van der Waals surface area contributed by atoms with Crippen molar-refractivity contribution in [1.29, 1.82) is 0 Å². The molecular formula is C34H38N2O4S2. The maximum absolute atomic E-state index is 13.4. The topological polar surface area (TPSA) is 87.7 Å². The van der Waals surface area contributed by atoms with E-state index >= 15 is 0 Å². The summed E-state index contributed by atoms with van der Waals surface area (Å²) in [5.41, 5.74) is 5.29. The summed E-state index contributed by atoms with van der Waals surface area (Å²) >= 11 is 3.61. The van der Waals surface area contributed by atoms with Crippen LogP contribution in [-0.2, 0) is 16.1 Å². The van der Waals surface area contributed by atoms with E-state index in [-0.39, 0.29) is 12.5 Å². The highest BCUT2D eigenvalue weighted by atomic mass is 32.2. The lowest BCUT2D eigenvalue weighted by Gasteiger charge is -2.19. The summed E-state index contributed by atoms with van der Waals surface area (Å²) in [7, 11) is 1.75. The minimum absolute atomic E-state index is 0.0641. The average Bonchev–Trinajstić information content (AvgIpc) is 3.50. The summed E-state index contributed by atoms with van der Waals surface area (Å²) < 4.78 is 6.53. The van der Waals surface area contributed by atoms with Crippen molar-refractivity contribution in [1.82, 2.24) is 10.6 Å². The first-order valence-electron chi connectivity index (χ1n) is 14.1. The number of amides is 1. The lowest BCUT2D eigenvalue weighted by atomic mass is 9.93. The predicted molar refractivity (Wildman–Crippen MR) is 174 cm³/mol. The molecule has 0 aliphatic carbocycles. The van der Waals surface area contributed by atoms with Crippen molar-refractivity contribution in [3.63, 3.8) is 0 Å². The highest BCUT2D eigenvalue weighted by Gasteiger charge is 2.23. The maximum Gasteiger partial charge on any atom is 0.326 e. The molecule has 0 aliphatic rings. The number of carboxylic acid groups (broad SMARTS) is 1. The van der Waals surface area contributed by atoms with Crippen LogP contribution in [-0.4, -0.2) is 48.1 Å². The van der Waals surface area contributed by atoms with Gasteiger partial charge in [-0.05, 0) is 84.8 Å². The standard InChI is InChI=1S/C34H38N2O4S2/c1-4-41-22-30(32-17-16-31(42-32)25-11-6-5-7-12-25)40-21-24-14-15-27(28(20-24)26-13-9-8-10-23(26)2)33(37)36-29(34(38)39)18-19-35-3/h5-17,20,29-30,35H,4,18-19,21-22H2,1-3H3,(H,36,37)(H,38,39). The Balaban J connectivity index is 1.59. The Morgan fingerprint density at radius 2 is 1.74 bits per heavy atom. The summed E-state index contributed by atoms with van der Waals surface area (Å²) in [5.74, 6) is 0.387. The van der Waals surface area contributed by atoms with Crippen molar-refractivity contribution in [2.24, 2.45) is 0 Å². The minimum atomic E-state index is -1.05. The van der Waals surface area contributed by atoms with E-state index < -0.39 is 17.9 Å². The molecule has 0 bridgehead atoms. The molecule has 1 aromatic heterocycles. The Bertz CT molecular complexity index is 1470. The molecule has 220 valence electrons. The molecule has 0 radical (unpaired) electrons. The Kier molecular flexibility index (Phi) is 11.8. The van der Waals surface area contributed by atoms with E-state index in [0.29, 0.717) is 18.7 Å². The van der Waals surface area contributed by atoms with Crippen LogP contribution in [0.5, 0.6) is 0 Å². The smallest absolute Gasteiger partial charge is 0.326 e. The molecule has 42 heavy (non-hydrogen) atoms. The van der Waals surface area contributed by atoms with Gasteiger partial charge in [0.1, 0.15) is 12.1 Å². The number of carbonyl (C=O) groups is 2. The van der Waals surface area contributed by atoms with Crippen molar-refractivity contribution < 1.29 is 19.4 Å². The second kappa shape index (κ2) is 15.7. The third-order valence-electron chi connectivity index (χ3n) is 6.98. The number of hydrogen-bond acceptors (Lipinski definition) is 6. The zero-order valence-electron chi connectivity index (χ0n) is 24.3. The van der Waals surface area contributed by atoms with Crippen molar-refractivity contribution in [3.05, 3.63) is 106 Å². The van der Waals surface area contributed by atoms with Crippen LogP contribution >= 0.6 is 23.1 Å². The molecule has 3 N–H and O–H groups in total. The van der Waals surface area contributed by atoms with Gasteiger partial charge in [0, 0.05) is 21.1 Å². The number of thiophene rings is 1. The number of ether oxygens (including phenoxy) is 1. The number of benzene rings is 3. The number of thioether (sulfide) groups is 1. The summed E-state index contributed by atoms with van der Waals surface area (Å²) in [4.78, 5) is 27.6. The average molecular weight is 603 g/mol. The van der Waals surface area contributed by atoms with E-state index in [0.717, 1.165) is 33.8 Å². The van der Waals surface area contributed by atoms with Gasteiger partial charge in [0.15, 0.2) is 0 Å². The van der Waals surface area contributed by atoms with Gasteiger partial charge in [-0.1, -0.05) is 67.6 Å². The summed E-state index contributed by atoms with van der Waals surface area (Å²) in [6.45, 7) is 5.02. The number of carboxylic acids is 1. The SMILES string of the molecule is CCSCC(OCc1ccc(C(=O)NC(CCNC)C(=O)O)c(-c2ccccc2C)c1)c1ccc(-c2ccccc2)s1. The molecule has 0 aliphatic heterocycles. The van der Waals surface area contributed by atoms with Gasteiger partial charge in [-0.2, -0.15) is 11.8 Å².